The van der Waals surface area contributed by atoms with E-state index in [0.717, 1.165) is 17.9 Å². The predicted molar refractivity (Wildman–Crippen MR) is 80.3 cm³/mol. The van der Waals surface area contributed by atoms with Gasteiger partial charge < -0.3 is 0 Å². The molecule has 0 heterocycles. The SMILES string of the molecule is Cc1cc(C(Cl)CCC2CCCCC2)cc(C)c1F. The molecule has 1 saturated carbocycles. The molecule has 0 spiro atoms. The van der Waals surface area contributed by atoms with Crippen molar-refractivity contribution in [3.05, 3.63) is 34.6 Å². The molecule has 1 aliphatic rings. The van der Waals surface area contributed by atoms with E-state index in [0.29, 0.717) is 11.1 Å². The average molecular weight is 283 g/mol. The lowest BCUT2D eigenvalue weighted by molar-refractivity contribution is 0.331. The second-order valence-corrected chi connectivity index (χ2v) is 6.54. The Morgan fingerprint density at radius 3 is 2.32 bits per heavy atom. The Kier molecular flexibility index (Phi) is 5.27. The molecule has 2 rings (SSSR count). The normalized spacial score (nSPS) is 18.5. The molecule has 1 unspecified atom stereocenters. The van der Waals surface area contributed by atoms with Crippen molar-refractivity contribution in [3.63, 3.8) is 0 Å². The van der Waals surface area contributed by atoms with E-state index in [2.05, 4.69) is 0 Å². The second kappa shape index (κ2) is 6.74. The summed E-state index contributed by atoms with van der Waals surface area (Å²) >= 11 is 6.50. The number of hydrogen-bond acceptors (Lipinski definition) is 0. The first-order valence-corrected chi connectivity index (χ1v) is 7.92. The third-order valence-electron chi connectivity index (χ3n) is 4.37. The minimum absolute atomic E-state index is 0.0277. The predicted octanol–water partition coefficient (Wildman–Crippen LogP) is 6.08. The van der Waals surface area contributed by atoms with Crippen LogP contribution in [0.2, 0.25) is 0 Å². The fourth-order valence-electron chi connectivity index (χ4n) is 3.18. The van der Waals surface area contributed by atoms with E-state index < -0.39 is 0 Å². The van der Waals surface area contributed by atoms with E-state index in [1.54, 1.807) is 0 Å². The van der Waals surface area contributed by atoms with Gasteiger partial charge in [-0.15, -0.1) is 11.6 Å². The van der Waals surface area contributed by atoms with E-state index in [1.807, 2.05) is 26.0 Å². The van der Waals surface area contributed by atoms with E-state index in [-0.39, 0.29) is 11.2 Å². The Labute approximate surface area is 121 Å². The zero-order valence-electron chi connectivity index (χ0n) is 12.0. The Bertz CT molecular complexity index is 398. The highest BCUT2D eigenvalue weighted by molar-refractivity contribution is 6.20. The minimum Gasteiger partial charge on any atom is -0.206 e. The number of alkyl halides is 1. The highest BCUT2D eigenvalue weighted by Crippen LogP contribution is 2.34. The lowest BCUT2D eigenvalue weighted by Gasteiger charge is -2.22. The zero-order valence-corrected chi connectivity index (χ0v) is 12.8. The second-order valence-electron chi connectivity index (χ2n) is 6.02. The maximum absolute atomic E-state index is 13.6. The lowest BCUT2D eigenvalue weighted by Crippen LogP contribution is -2.07. The van der Waals surface area contributed by atoms with Crippen LogP contribution in [-0.4, -0.2) is 0 Å². The maximum Gasteiger partial charge on any atom is 0.129 e. The topological polar surface area (TPSA) is 0 Å². The first-order valence-electron chi connectivity index (χ1n) is 7.48. The van der Waals surface area contributed by atoms with Crippen LogP contribution < -0.4 is 0 Å². The van der Waals surface area contributed by atoms with Gasteiger partial charge in [0.25, 0.3) is 0 Å². The van der Waals surface area contributed by atoms with Gasteiger partial charge in [0.05, 0.1) is 5.38 Å². The molecule has 0 nitrogen and oxygen atoms in total. The lowest BCUT2D eigenvalue weighted by atomic mass is 9.85. The largest absolute Gasteiger partial charge is 0.206 e. The van der Waals surface area contributed by atoms with E-state index in [1.165, 1.54) is 38.5 Å². The van der Waals surface area contributed by atoms with Crippen molar-refractivity contribution < 1.29 is 4.39 Å². The zero-order chi connectivity index (χ0) is 13.8. The average Bonchev–Trinajstić information content (AvgIpc) is 2.42. The van der Waals surface area contributed by atoms with Crippen LogP contribution in [0.4, 0.5) is 4.39 Å². The summed E-state index contributed by atoms with van der Waals surface area (Å²) in [5.41, 5.74) is 2.49. The summed E-state index contributed by atoms with van der Waals surface area (Å²) in [7, 11) is 0. The Morgan fingerprint density at radius 1 is 1.16 bits per heavy atom. The molecule has 0 bridgehead atoms. The molecule has 0 saturated heterocycles. The number of benzene rings is 1. The highest BCUT2D eigenvalue weighted by atomic mass is 35.5. The molecular weight excluding hydrogens is 259 g/mol. The number of aryl methyl sites for hydroxylation is 2. The Morgan fingerprint density at radius 2 is 1.74 bits per heavy atom. The summed E-state index contributed by atoms with van der Waals surface area (Å²) < 4.78 is 13.6. The van der Waals surface area contributed by atoms with Crippen molar-refractivity contribution in [2.24, 2.45) is 5.92 Å². The molecule has 1 fully saturated rings. The van der Waals surface area contributed by atoms with Gasteiger partial charge in [-0.25, -0.2) is 4.39 Å². The van der Waals surface area contributed by atoms with E-state index >= 15 is 0 Å². The van der Waals surface area contributed by atoms with Gasteiger partial charge in [-0.05, 0) is 49.3 Å². The van der Waals surface area contributed by atoms with Crippen LogP contribution in [0.1, 0.15) is 67.0 Å². The van der Waals surface area contributed by atoms with Crippen LogP contribution in [0.3, 0.4) is 0 Å². The number of hydrogen-bond donors (Lipinski definition) is 0. The third-order valence-corrected chi connectivity index (χ3v) is 4.84. The van der Waals surface area contributed by atoms with Crippen LogP contribution in [0.5, 0.6) is 0 Å². The molecule has 2 heteroatoms. The minimum atomic E-state index is -0.0973. The number of halogens is 2. The molecule has 0 N–H and O–H groups in total. The van der Waals surface area contributed by atoms with Crippen molar-refractivity contribution in [2.75, 3.05) is 0 Å². The molecule has 0 amide bonds. The molecule has 1 aromatic rings. The summed E-state index contributed by atoms with van der Waals surface area (Å²) in [4.78, 5) is 0. The van der Waals surface area contributed by atoms with Gasteiger partial charge in [0, 0.05) is 0 Å². The Hall–Kier alpha value is -0.560. The molecular formula is C17H24ClF. The van der Waals surface area contributed by atoms with Gasteiger partial charge in [0.2, 0.25) is 0 Å². The molecule has 106 valence electrons. The van der Waals surface area contributed by atoms with Gasteiger partial charge in [-0.1, -0.05) is 44.2 Å². The van der Waals surface area contributed by atoms with Crippen molar-refractivity contribution in [1.29, 1.82) is 0 Å². The summed E-state index contributed by atoms with van der Waals surface area (Å²) in [5, 5.41) is 0.0277. The quantitative estimate of drug-likeness (QED) is 0.587. The summed E-state index contributed by atoms with van der Waals surface area (Å²) in [6.07, 6.45) is 9.12. The molecule has 0 aliphatic heterocycles. The first-order chi connectivity index (χ1) is 9.08. The van der Waals surface area contributed by atoms with Crippen LogP contribution in [-0.2, 0) is 0 Å². The van der Waals surface area contributed by atoms with Gasteiger partial charge in [0.1, 0.15) is 5.82 Å². The smallest absolute Gasteiger partial charge is 0.129 e. The van der Waals surface area contributed by atoms with Crippen LogP contribution in [0.15, 0.2) is 12.1 Å². The maximum atomic E-state index is 13.6. The number of rotatable bonds is 4. The standard InChI is InChI=1S/C17H24ClF/c1-12-10-15(11-13(2)17(12)19)16(18)9-8-14-6-4-3-5-7-14/h10-11,14,16H,3-9H2,1-2H3. The van der Waals surface area contributed by atoms with Gasteiger partial charge >= 0.3 is 0 Å². The van der Waals surface area contributed by atoms with Crippen molar-refractivity contribution >= 4 is 11.6 Å². The fraction of sp³-hybridized carbons (Fsp3) is 0.647. The fourth-order valence-corrected chi connectivity index (χ4v) is 3.44. The van der Waals surface area contributed by atoms with Crippen LogP contribution in [0.25, 0.3) is 0 Å². The van der Waals surface area contributed by atoms with E-state index in [4.69, 9.17) is 11.6 Å². The molecule has 0 aromatic heterocycles. The molecule has 1 aromatic carbocycles. The molecule has 1 aliphatic carbocycles. The summed E-state index contributed by atoms with van der Waals surface area (Å²) in [6.45, 7) is 3.63. The van der Waals surface area contributed by atoms with Crippen molar-refractivity contribution in [1.82, 2.24) is 0 Å². The van der Waals surface area contributed by atoms with Gasteiger partial charge in [-0.3, -0.25) is 0 Å². The highest BCUT2D eigenvalue weighted by Gasteiger charge is 2.17. The van der Waals surface area contributed by atoms with Crippen molar-refractivity contribution in [3.8, 4) is 0 Å². The molecule has 0 radical (unpaired) electrons. The first kappa shape index (κ1) is 14.8. The summed E-state index contributed by atoms with van der Waals surface area (Å²) in [5.74, 6) is 0.762. The van der Waals surface area contributed by atoms with Crippen molar-refractivity contribution in [2.45, 2.75) is 64.2 Å². The van der Waals surface area contributed by atoms with Gasteiger partial charge in [0.15, 0.2) is 0 Å². The molecule has 1 atom stereocenters. The van der Waals surface area contributed by atoms with E-state index in [9.17, 15) is 4.39 Å². The summed E-state index contributed by atoms with van der Waals surface area (Å²) in [6, 6.07) is 3.81. The van der Waals surface area contributed by atoms with Gasteiger partial charge in [-0.2, -0.15) is 0 Å². The monoisotopic (exact) mass is 282 g/mol. The Balaban J connectivity index is 1.93. The van der Waals surface area contributed by atoms with Crippen LogP contribution in [0, 0.1) is 25.6 Å². The van der Waals surface area contributed by atoms with Crippen LogP contribution >= 0.6 is 11.6 Å². The molecule has 19 heavy (non-hydrogen) atoms. The third kappa shape index (κ3) is 3.95.